The van der Waals surface area contributed by atoms with Crippen molar-refractivity contribution in [2.45, 2.75) is 32.3 Å². The summed E-state index contributed by atoms with van der Waals surface area (Å²) in [6.45, 7) is 3.70. The van der Waals surface area contributed by atoms with Crippen LogP contribution in [0.4, 0.5) is 4.39 Å². The van der Waals surface area contributed by atoms with Gasteiger partial charge in [0.25, 0.3) is 0 Å². The van der Waals surface area contributed by atoms with Crippen molar-refractivity contribution in [3.8, 4) is 0 Å². The van der Waals surface area contributed by atoms with Gasteiger partial charge in [0.1, 0.15) is 5.82 Å². The van der Waals surface area contributed by atoms with E-state index in [1.165, 1.54) is 0 Å². The van der Waals surface area contributed by atoms with Gasteiger partial charge >= 0.3 is 0 Å². The fourth-order valence-corrected chi connectivity index (χ4v) is 1.86. The Bertz CT molecular complexity index is 321. The maximum Gasteiger partial charge on any atom is 0.143 e. The second-order valence-electron chi connectivity index (χ2n) is 3.34. The van der Waals surface area contributed by atoms with Crippen LogP contribution in [0.2, 0.25) is 0 Å². The Labute approximate surface area is 92.1 Å². The highest BCUT2D eigenvalue weighted by atomic mass is 79.9. The number of hydrogen-bond acceptors (Lipinski definition) is 1. The van der Waals surface area contributed by atoms with Gasteiger partial charge in [0.15, 0.2) is 0 Å². The standard InChI is InChI=1S/C11H14BrFO/c1-3-11(14,4-2)8-6-5-7-9(12)10(8)13/h5-7,14H,3-4H2,1-2H3. The van der Waals surface area contributed by atoms with E-state index < -0.39 is 5.60 Å². The van der Waals surface area contributed by atoms with Gasteiger partial charge in [-0.05, 0) is 34.8 Å². The molecule has 1 aromatic carbocycles. The van der Waals surface area contributed by atoms with Crippen molar-refractivity contribution in [2.24, 2.45) is 0 Å². The predicted molar refractivity (Wildman–Crippen MR) is 58.6 cm³/mol. The zero-order valence-electron chi connectivity index (χ0n) is 8.35. The first-order chi connectivity index (χ1) is 6.55. The average molecular weight is 261 g/mol. The second kappa shape index (κ2) is 4.41. The average Bonchev–Trinajstić information content (AvgIpc) is 2.21. The molecule has 0 spiro atoms. The molecule has 78 valence electrons. The van der Waals surface area contributed by atoms with Crippen molar-refractivity contribution in [1.29, 1.82) is 0 Å². The first-order valence-electron chi connectivity index (χ1n) is 4.72. The zero-order chi connectivity index (χ0) is 10.8. The van der Waals surface area contributed by atoms with Crippen molar-refractivity contribution in [2.75, 3.05) is 0 Å². The Balaban J connectivity index is 3.24. The Morgan fingerprint density at radius 1 is 1.36 bits per heavy atom. The van der Waals surface area contributed by atoms with Crippen LogP contribution >= 0.6 is 15.9 Å². The monoisotopic (exact) mass is 260 g/mol. The first kappa shape index (κ1) is 11.7. The van der Waals surface area contributed by atoms with Crippen LogP contribution in [0.5, 0.6) is 0 Å². The minimum Gasteiger partial charge on any atom is -0.385 e. The van der Waals surface area contributed by atoms with E-state index in [1.807, 2.05) is 13.8 Å². The minimum atomic E-state index is -1.05. The molecule has 0 aliphatic heterocycles. The molecule has 0 heterocycles. The molecule has 0 fully saturated rings. The third-order valence-corrected chi connectivity index (χ3v) is 3.24. The molecule has 0 aliphatic rings. The van der Waals surface area contributed by atoms with E-state index in [0.29, 0.717) is 22.9 Å². The normalized spacial score (nSPS) is 11.8. The number of benzene rings is 1. The third-order valence-electron chi connectivity index (χ3n) is 2.62. The van der Waals surface area contributed by atoms with Crippen molar-refractivity contribution in [3.05, 3.63) is 34.1 Å². The quantitative estimate of drug-likeness (QED) is 0.881. The zero-order valence-corrected chi connectivity index (χ0v) is 9.94. The van der Waals surface area contributed by atoms with Gasteiger partial charge in [-0.3, -0.25) is 0 Å². The molecule has 1 nitrogen and oxygen atoms in total. The fraction of sp³-hybridized carbons (Fsp3) is 0.455. The van der Waals surface area contributed by atoms with Gasteiger partial charge in [-0.1, -0.05) is 26.0 Å². The molecule has 0 aromatic heterocycles. The lowest BCUT2D eigenvalue weighted by Crippen LogP contribution is -2.25. The Hall–Kier alpha value is -0.410. The number of aliphatic hydroxyl groups is 1. The molecule has 0 saturated heterocycles. The molecule has 0 bridgehead atoms. The fourth-order valence-electron chi connectivity index (χ4n) is 1.49. The van der Waals surface area contributed by atoms with Gasteiger partial charge in [0.05, 0.1) is 10.1 Å². The van der Waals surface area contributed by atoms with Crippen LogP contribution < -0.4 is 0 Å². The van der Waals surface area contributed by atoms with E-state index >= 15 is 0 Å². The Kier molecular flexibility index (Phi) is 3.67. The molecule has 1 rings (SSSR count). The summed E-state index contributed by atoms with van der Waals surface area (Å²) in [5.74, 6) is -0.362. The third kappa shape index (κ3) is 1.98. The molecule has 0 amide bonds. The highest BCUT2D eigenvalue weighted by Gasteiger charge is 2.28. The van der Waals surface area contributed by atoms with Gasteiger partial charge in [0, 0.05) is 5.56 Å². The summed E-state index contributed by atoms with van der Waals surface area (Å²) in [6.07, 6.45) is 1.02. The maximum atomic E-state index is 13.7. The Morgan fingerprint density at radius 3 is 2.43 bits per heavy atom. The van der Waals surface area contributed by atoms with Crippen LogP contribution in [0.15, 0.2) is 22.7 Å². The summed E-state index contributed by atoms with van der Waals surface area (Å²) in [4.78, 5) is 0. The van der Waals surface area contributed by atoms with Crippen LogP contribution in [0, 0.1) is 5.82 Å². The first-order valence-corrected chi connectivity index (χ1v) is 5.51. The van der Waals surface area contributed by atoms with E-state index in [9.17, 15) is 9.50 Å². The molecule has 14 heavy (non-hydrogen) atoms. The smallest absolute Gasteiger partial charge is 0.143 e. The maximum absolute atomic E-state index is 13.7. The molecule has 1 aromatic rings. The summed E-state index contributed by atoms with van der Waals surface area (Å²) in [6, 6.07) is 5.00. The lowest BCUT2D eigenvalue weighted by molar-refractivity contribution is 0.0247. The molecule has 1 N–H and O–H groups in total. The second-order valence-corrected chi connectivity index (χ2v) is 4.19. The molecule has 0 radical (unpaired) electrons. The summed E-state index contributed by atoms with van der Waals surface area (Å²) in [5.41, 5.74) is -0.676. The minimum absolute atomic E-state index is 0.362. The van der Waals surface area contributed by atoms with E-state index in [2.05, 4.69) is 15.9 Å². The highest BCUT2D eigenvalue weighted by molar-refractivity contribution is 9.10. The van der Waals surface area contributed by atoms with Gasteiger partial charge < -0.3 is 5.11 Å². The largest absolute Gasteiger partial charge is 0.385 e. The summed E-state index contributed by atoms with van der Waals surface area (Å²) in [5, 5.41) is 10.1. The van der Waals surface area contributed by atoms with Crippen LogP contribution in [0.3, 0.4) is 0 Å². The summed E-state index contributed by atoms with van der Waals surface area (Å²) < 4.78 is 14.1. The van der Waals surface area contributed by atoms with Gasteiger partial charge in [-0.2, -0.15) is 0 Å². The van der Waals surface area contributed by atoms with Crippen LogP contribution in [-0.4, -0.2) is 5.11 Å². The number of hydrogen-bond donors (Lipinski definition) is 1. The molecule has 3 heteroatoms. The van der Waals surface area contributed by atoms with Crippen LogP contribution in [0.1, 0.15) is 32.3 Å². The van der Waals surface area contributed by atoms with Gasteiger partial charge in [-0.15, -0.1) is 0 Å². The van der Waals surface area contributed by atoms with Crippen molar-refractivity contribution < 1.29 is 9.50 Å². The van der Waals surface area contributed by atoms with E-state index in [1.54, 1.807) is 18.2 Å². The summed E-state index contributed by atoms with van der Waals surface area (Å²) in [7, 11) is 0. The number of rotatable bonds is 3. The van der Waals surface area contributed by atoms with Gasteiger partial charge in [-0.25, -0.2) is 4.39 Å². The topological polar surface area (TPSA) is 20.2 Å². The lowest BCUT2D eigenvalue weighted by Gasteiger charge is -2.26. The molecule has 0 saturated carbocycles. The van der Waals surface area contributed by atoms with E-state index in [0.717, 1.165) is 0 Å². The molecule has 0 unspecified atom stereocenters. The lowest BCUT2D eigenvalue weighted by atomic mass is 9.88. The molecule has 0 aliphatic carbocycles. The molecular formula is C11H14BrFO. The van der Waals surface area contributed by atoms with Crippen molar-refractivity contribution >= 4 is 15.9 Å². The highest BCUT2D eigenvalue weighted by Crippen LogP contribution is 2.32. The molecular weight excluding hydrogens is 247 g/mol. The Morgan fingerprint density at radius 2 is 1.93 bits per heavy atom. The van der Waals surface area contributed by atoms with Crippen molar-refractivity contribution in [1.82, 2.24) is 0 Å². The van der Waals surface area contributed by atoms with Crippen LogP contribution in [0.25, 0.3) is 0 Å². The van der Waals surface area contributed by atoms with Crippen molar-refractivity contribution in [3.63, 3.8) is 0 Å². The van der Waals surface area contributed by atoms with E-state index in [4.69, 9.17) is 0 Å². The number of halogens is 2. The van der Waals surface area contributed by atoms with E-state index in [-0.39, 0.29) is 5.82 Å². The molecule has 0 atom stereocenters. The van der Waals surface area contributed by atoms with Gasteiger partial charge in [0.2, 0.25) is 0 Å². The SMILES string of the molecule is CCC(O)(CC)c1cccc(Br)c1F. The predicted octanol–water partition coefficient (Wildman–Crippen LogP) is 3.60. The van der Waals surface area contributed by atoms with Crippen LogP contribution in [-0.2, 0) is 5.60 Å². The summed E-state index contributed by atoms with van der Waals surface area (Å²) >= 11 is 3.11.